The van der Waals surface area contributed by atoms with Crippen LogP contribution in [0.5, 0.6) is 0 Å². The van der Waals surface area contributed by atoms with Crippen LogP contribution in [0.15, 0.2) is 6.07 Å². The molecule has 26 heavy (non-hydrogen) atoms. The largest absolute Gasteiger partial charge is 0.464 e. The molecule has 0 radical (unpaired) electrons. The lowest BCUT2D eigenvalue weighted by Gasteiger charge is -2.40. The van der Waals surface area contributed by atoms with Crippen LogP contribution in [-0.2, 0) is 9.53 Å². The number of piperidine rings is 1. The van der Waals surface area contributed by atoms with Crippen molar-refractivity contribution in [3.05, 3.63) is 17.5 Å². The second kappa shape index (κ2) is 6.83. The fraction of sp³-hybridized carbons (Fsp3) is 0.667. The molecule has 3 rings (SSSR count). The predicted molar refractivity (Wildman–Crippen MR) is 97.1 cm³/mol. The predicted octanol–water partition coefficient (Wildman–Crippen LogP) is 0.656. The van der Waals surface area contributed by atoms with Crippen LogP contribution in [0.1, 0.15) is 42.9 Å². The molecule has 8 heteroatoms. The first-order chi connectivity index (χ1) is 12.2. The Balaban J connectivity index is 1.75. The van der Waals surface area contributed by atoms with Crippen molar-refractivity contribution < 1.29 is 14.3 Å². The lowest BCUT2D eigenvalue weighted by Crippen LogP contribution is -2.60. The number of amides is 1. The molecule has 2 saturated heterocycles. The molecule has 0 bridgehead atoms. The van der Waals surface area contributed by atoms with Crippen LogP contribution in [0.3, 0.4) is 0 Å². The number of anilines is 1. The first-order valence-corrected chi connectivity index (χ1v) is 8.97. The van der Waals surface area contributed by atoms with Gasteiger partial charge in [0.2, 0.25) is 11.9 Å². The van der Waals surface area contributed by atoms with Gasteiger partial charge in [-0.05, 0) is 31.2 Å². The average Bonchev–Trinajstić information content (AvgIpc) is 2.73. The zero-order valence-corrected chi connectivity index (χ0v) is 15.9. The van der Waals surface area contributed by atoms with Gasteiger partial charge in [-0.25, -0.2) is 14.8 Å². The second-order valence-electron chi connectivity index (χ2n) is 7.96. The molecule has 2 aliphatic heterocycles. The SMILES string of the molecule is COC(=O)c1cc(C)nc(N2CCC3(CC2)NCC(C)(C)CNC3=O)n1. The summed E-state index contributed by atoms with van der Waals surface area (Å²) in [5, 5.41) is 6.58. The number of methoxy groups -OCH3 is 1. The summed E-state index contributed by atoms with van der Waals surface area (Å²) in [5.41, 5.74) is 0.454. The van der Waals surface area contributed by atoms with Gasteiger partial charge >= 0.3 is 5.97 Å². The van der Waals surface area contributed by atoms with E-state index < -0.39 is 11.5 Å². The van der Waals surface area contributed by atoms with E-state index in [9.17, 15) is 9.59 Å². The van der Waals surface area contributed by atoms with Gasteiger partial charge in [-0.15, -0.1) is 0 Å². The number of rotatable bonds is 2. The fourth-order valence-electron chi connectivity index (χ4n) is 3.44. The zero-order valence-electron chi connectivity index (χ0n) is 15.9. The third kappa shape index (κ3) is 3.65. The lowest BCUT2D eigenvalue weighted by atomic mass is 9.86. The normalized spacial score (nSPS) is 21.8. The zero-order chi connectivity index (χ0) is 18.9. The Morgan fingerprint density at radius 2 is 1.92 bits per heavy atom. The highest BCUT2D eigenvalue weighted by Crippen LogP contribution is 2.29. The Morgan fingerprint density at radius 1 is 1.23 bits per heavy atom. The number of aromatic nitrogens is 2. The minimum Gasteiger partial charge on any atom is -0.464 e. The number of carbonyl (C=O) groups is 2. The van der Waals surface area contributed by atoms with E-state index in [0.29, 0.717) is 44.1 Å². The molecule has 1 aromatic heterocycles. The maximum Gasteiger partial charge on any atom is 0.356 e. The van der Waals surface area contributed by atoms with Gasteiger partial charge < -0.3 is 20.3 Å². The monoisotopic (exact) mass is 361 g/mol. The highest BCUT2D eigenvalue weighted by molar-refractivity contribution is 5.88. The van der Waals surface area contributed by atoms with Crippen molar-refractivity contribution in [1.82, 2.24) is 20.6 Å². The van der Waals surface area contributed by atoms with Gasteiger partial charge in [0.05, 0.1) is 7.11 Å². The quantitative estimate of drug-likeness (QED) is 0.747. The lowest BCUT2D eigenvalue weighted by molar-refractivity contribution is -0.127. The summed E-state index contributed by atoms with van der Waals surface area (Å²) in [4.78, 5) is 35.3. The van der Waals surface area contributed by atoms with E-state index in [-0.39, 0.29) is 17.0 Å². The summed E-state index contributed by atoms with van der Waals surface area (Å²) in [5.74, 6) is 0.106. The summed E-state index contributed by atoms with van der Waals surface area (Å²) in [7, 11) is 1.34. The average molecular weight is 361 g/mol. The van der Waals surface area contributed by atoms with E-state index in [2.05, 4.69) is 34.4 Å². The van der Waals surface area contributed by atoms with E-state index in [1.165, 1.54) is 7.11 Å². The van der Waals surface area contributed by atoms with E-state index in [4.69, 9.17) is 4.74 Å². The minimum atomic E-state index is -0.542. The number of esters is 1. The van der Waals surface area contributed by atoms with Gasteiger partial charge in [0.15, 0.2) is 5.69 Å². The Bertz CT molecular complexity index is 711. The Labute approximate surface area is 153 Å². The van der Waals surface area contributed by atoms with Crippen LogP contribution in [0.4, 0.5) is 5.95 Å². The standard InChI is InChI=1S/C18H27N5O3/c1-12-9-13(14(24)26-4)22-16(21-12)23-7-5-18(6-8-23)15(25)19-10-17(2,3)11-20-18/h9,20H,5-8,10-11H2,1-4H3,(H,19,25). The van der Waals surface area contributed by atoms with E-state index in [0.717, 1.165) is 6.54 Å². The molecular formula is C18H27N5O3. The number of carbonyl (C=O) groups excluding carboxylic acids is 2. The molecule has 3 heterocycles. The molecule has 2 fully saturated rings. The first-order valence-electron chi connectivity index (χ1n) is 8.97. The van der Waals surface area contributed by atoms with Crippen LogP contribution in [0, 0.1) is 12.3 Å². The van der Waals surface area contributed by atoms with Gasteiger partial charge in [-0.3, -0.25) is 4.79 Å². The van der Waals surface area contributed by atoms with Crippen molar-refractivity contribution in [2.24, 2.45) is 5.41 Å². The molecule has 0 saturated carbocycles. The molecule has 1 amide bonds. The van der Waals surface area contributed by atoms with Crippen LogP contribution >= 0.6 is 0 Å². The van der Waals surface area contributed by atoms with Crippen molar-refractivity contribution in [3.63, 3.8) is 0 Å². The summed E-state index contributed by atoms with van der Waals surface area (Å²) >= 11 is 0. The molecule has 142 valence electrons. The molecule has 1 spiro atoms. The molecule has 8 nitrogen and oxygen atoms in total. The van der Waals surface area contributed by atoms with Gasteiger partial charge in [0, 0.05) is 31.9 Å². The molecule has 0 aromatic carbocycles. The van der Waals surface area contributed by atoms with Crippen LogP contribution < -0.4 is 15.5 Å². The molecule has 2 aliphatic rings. The van der Waals surface area contributed by atoms with Gasteiger partial charge in [-0.2, -0.15) is 0 Å². The maximum absolute atomic E-state index is 12.7. The Kier molecular flexibility index (Phi) is 4.88. The highest BCUT2D eigenvalue weighted by Gasteiger charge is 2.44. The van der Waals surface area contributed by atoms with E-state index in [1.54, 1.807) is 6.07 Å². The van der Waals surface area contributed by atoms with Crippen LogP contribution in [0.2, 0.25) is 0 Å². The topological polar surface area (TPSA) is 96.5 Å². The smallest absolute Gasteiger partial charge is 0.356 e. The van der Waals surface area contributed by atoms with Gasteiger partial charge in [-0.1, -0.05) is 13.8 Å². The number of ether oxygens (including phenoxy) is 1. The third-order valence-corrected chi connectivity index (χ3v) is 5.20. The van der Waals surface area contributed by atoms with Crippen molar-refractivity contribution in [3.8, 4) is 0 Å². The summed E-state index contributed by atoms with van der Waals surface area (Å²) in [6.45, 7) is 8.86. The fourth-order valence-corrected chi connectivity index (χ4v) is 3.44. The molecule has 0 aliphatic carbocycles. The Morgan fingerprint density at radius 3 is 2.58 bits per heavy atom. The number of aryl methyl sites for hydroxylation is 1. The number of hydrogen-bond donors (Lipinski definition) is 2. The van der Waals surface area contributed by atoms with E-state index >= 15 is 0 Å². The summed E-state index contributed by atoms with van der Waals surface area (Å²) in [6.07, 6.45) is 1.33. The molecule has 0 unspecified atom stereocenters. The van der Waals surface area contributed by atoms with Crippen molar-refractivity contribution in [2.75, 3.05) is 38.2 Å². The second-order valence-corrected chi connectivity index (χ2v) is 7.96. The van der Waals surface area contributed by atoms with Gasteiger partial charge in [0.25, 0.3) is 0 Å². The summed E-state index contributed by atoms with van der Waals surface area (Å²) < 4.78 is 4.76. The molecular weight excluding hydrogens is 334 g/mol. The maximum atomic E-state index is 12.7. The molecule has 1 aromatic rings. The van der Waals surface area contributed by atoms with Gasteiger partial charge in [0.1, 0.15) is 5.54 Å². The molecule has 0 atom stereocenters. The van der Waals surface area contributed by atoms with Crippen molar-refractivity contribution in [1.29, 1.82) is 0 Å². The molecule has 2 N–H and O–H groups in total. The minimum absolute atomic E-state index is 0.0331. The van der Waals surface area contributed by atoms with Crippen molar-refractivity contribution >= 4 is 17.8 Å². The van der Waals surface area contributed by atoms with E-state index in [1.807, 2.05) is 11.8 Å². The Hall–Kier alpha value is -2.22. The first kappa shape index (κ1) is 18.6. The third-order valence-electron chi connectivity index (χ3n) is 5.20. The number of nitrogens with one attached hydrogen (secondary N) is 2. The number of nitrogens with zero attached hydrogens (tertiary/aromatic N) is 3. The van der Waals surface area contributed by atoms with Crippen LogP contribution in [-0.4, -0.2) is 60.7 Å². The summed E-state index contributed by atoms with van der Waals surface area (Å²) in [6, 6.07) is 1.61. The van der Waals surface area contributed by atoms with Crippen LogP contribution in [0.25, 0.3) is 0 Å². The van der Waals surface area contributed by atoms with Crippen molar-refractivity contribution in [2.45, 2.75) is 39.2 Å². The highest BCUT2D eigenvalue weighted by atomic mass is 16.5. The number of hydrogen-bond acceptors (Lipinski definition) is 7.